The summed E-state index contributed by atoms with van der Waals surface area (Å²) < 4.78 is 5.49. The molecule has 1 fully saturated rings. The summed E-state index contributed by atoms with van der Waals surface area (Å²) in [5.74, 6) is -0.702. The van der Waals surface area contributed by atoms with Gasteiger partial charge >= 0.3 is 5.97 Å². The van der Waals surface area contributed by atoms with Crippen LogP contribution in [0.4, 0.5) is 0 Å². The second-order valence-electron chi connectivity index (χ2n) is 6.52. The molecule has 0 spiro atoms. The van der Waals surface area contributed by atoms with Crippen LogP contribution in [0.3, 0.4) is 0 Å². The van der Waals surface area contributed by atoms with E-state index in [0.29, 0.717) is 5.56 Å². The van der Waals surface area contributed by atoms with Crippen molar-refractivity contribution in [2.75, 3.05) is 0 Å². The van der Waals surface area contributed by atoms with Crippen LogP contribution >= 0.6 is 0 Å². The summed E-state index contributed by atoms with van der Waals surface area (Å²) in [4.78, 5) is 25.0. The Labute approximate surface area is 145 Å². The Morgan fingerprint density at radius 1 is 1.00 bits per heavy atom. The minimum absolute atomic E-state index is 0.236. The van der Waals surface area contributed by atoms with E-state index in [-0.39, 0.29) is 11.9 Å². The quantitative estimate of drug-likeness (QED) is 0.583. The minimum Gasteiger partial charge on any atom is -0.449 e. The van der Waals surface area contributed by atoms with E-state index in [1.807, 2.05) is 48.5 Å². The topological polar surface area (TPSA) is 55.4 Å². The third-order valence-electron chi connectivity index (χ3n) is 4.55. The molecule has 4 nitrogen and oxygen atoms in total. The van der Waals surface area contributed by atoms with Crippen LogP contribution in [0, 0.1) is 0 Å². The largest absolute Gasteiger partial charge is 0.449 e. The number of carbonyl (C=O) groups is 2. The van der Waals surface area contributed by atoms with Crippen LogP contribution in [0.25, 0.3) is 21.5 Å². The van der Waals surface area contributed by atoms with Crippen molar-refractivity contribution >= 4 is 33.4 Å². The molecule has 1 amide bonds. The molecule has 0 aliphatic heterocycles. The summed E-state index contributed by atoms with van der Waals surface area (Å²) in [7, 11) is 0. The monoisotopic (exact) mass is 333 g/mol. The molecule has 0 saturated heterocycles. The van der Waals surface area contributed by atoms with Gasteiger partial charge in [-0.3, -0.25) is 4.79 Å². The van der Waals surface area contributed by atoms with Gasteiger partial charge < -0.3 is 10.1 Å². The summed E-state index contributed by atoms with van der Waals surface area (Å²) >= 11 is 0. The molecule has 4 heteroatoms. The van der Waals surface area contributed by atoms with Crippen LogP contribution in [0.5, 0.6) is 0 Å². The van der Waals surface area contributed by atoms with Crippen LogP contribution in [-0.4, -0.2) is 24.0 Å². The summed E-state index contributed by atoms with van der Waals surface area (Å²) in [6, 6.07) is 17.8. The van der Waals surface area contributed by atoms with E-state index in [2.05, 4.69) is 11.4 Å². The van der Waals surface area contributed by atoms with Crippen molar-refractivity contribution in [3.8, 4) is 0 Å². The zero-order chi connectivity index (χ0) is 17.4. The number of rotatable bonds is 4. The summed E-state index contributed by atoms with van der Waals surface area (Å²) in [5.41, 5.74) is 0.514. The van der Waals surface area contributed by atoms with Crippen molar-refractivity contribution < 1.29 is 14.3 Å². The molecule has 1 aliphatic carbocycles. The Morgan fingerprint density at radius 2 is 1.56 bits per heavy atom. The van der Waals surface area contributed by atoms with Crippen LogP contribution in [-0.2, 0) is 9.53 Å². The highest BCUT2D eigenvalue weighted by Gasteiger charge is 2.28. The fourth-order valence-corrected chi connectivity index (χ4v) is 3.05. The third kappa shape index (κ3) is 3.07. The molecule has 1 aliphatic rings. The Morgan fingerprint density at radius 3 is 2.12 bits per heavy atom. The molecule has 1 atom stereocenters. The molecule has 3 aromatic rings. The fourth-order valence-electron chi connectivity index (χ4n) is 3.05. The molecular weight excluding hydrogens is 314 g/mol. The van der Waals surface area contributed by atoms with Gasteiger partial charge in [-0.25, -0.2) is 4.79 Å². The first-order chi connectivity index (χ1) is 12.1. The van der Waals surface area contributed by atoms with Crippen LogP contribution in [0.15, 0.2) is 54.6 Å². The van der Waals surface area contributed by atoms with E-state index < -0.39 is 12.1 Å². The first-order valence-corrected chi connectivity index (χ1v) is 8.55. The number of fused-ring (bicyclic) bond motifs is 2. The fraction of sp³-hybridized carbons (Fsp3) is 0.238. The van der Waals surface area contributed by atoms with Crippen molar-refractivity contribution in [2.24, 2.45) is 0 Å². The maximum atomic E-state index is 12.9. The zero-order valence-corrected chi connectivity index (χ0v) is 14.0. The van der Waals surface area contributed by atoms with Gasteiger partial charge in [0, 0.05) is 6.04 Å². The van der Waals surface area contributed by atoms with E-state index >= 15 is 0 Å². The molecule has 25 heavy (non-hydrogen) atoms. The maximum Gasteiger partial charge on any atom is 0.340 e. The average molecular weight is 333 g/mol. The van der Waals surface area contributed by atoms with Crippen molar-refractivity contribution in [3.63, 3.8) is 0 Å². The lowest BCUT2D eigenvalue weighted by atomic mass is 9.97. The predicted molar refractivity (Wildman–Crippen MR) is 97.5 cm³/mol. The Hall–Kier alpha value is -2.88. The first kappa shape index (κ1) is 15.6. The molecular formula is C21H19NO3. The Balaban J connectivity index is 1.72. The van der Waals surface area contributed by atoms with Gasteiger partial charge in [-0.2, -0.15) is 0 Å². The summed E-state index contributed by atoms with van der Waals surface area (Å²) in [5, 5.41) is 6.49. The lowest BCUT2D eigenvalue weighted by Crippen LogP contribution is -2.37. The Bertz CT molecular complexity index is 921. The van der Waals surface area contributed by atoms with Crippen LogP contribution in [0.2, 0.25) is 0 Å². The molecule has 0 aromatic heterocycles. The lowest BCUT2D eigenvalue weighted by molar-refractivity contribution is -0.129. The number of ether oxygens (including phenoxy) is 1. The average Bonchev–Trinajstić information content (AvgIpc) is 3.43. The standard InChI is InChI=1S/C21H19NO3/c1-13(20(23)22-16-10-11-16)25-21(24)19-17-8-4-2-6-14(17)12-15-7-3-5-9-18(15)19/h2-9,12-13,16H,10-11H2,1H3,(H,22,23)/t13-/m1/s1. The number of amides is 1. The smallest absolute Gasteiger partial charge is 0.340 e. The minimum atomic E-state index is -0.814. The molecule has 1 saturated carbocycles. The molecule has 0 heterocycles. The normalized spacial score (nSPS) is 15.1. The van der Waals surface area contributed by atoms with E-state index in [1.165, 1.54) is 0 Å². The molecule has 4 rings (SSSR count). The number of hydrogen-bond donors (Lipinski definition) is 1. The van der Waals surface area contributed by atoms with Gasteiger partial charge in [0.05, 0.1) is 5.56 Å². The Kier molecular flexibility index (Phi) is 3.88. The van der Waals surface area contributed by atoms with Gasteiger partial charge in [-0.05, 0) is 47.4 Å². The molecule has 0 bridgehead atoms. The van der Waals surface area contributed by atoms with Crippen LogP contribution < -0.4 is 5.32 Å². The summed E-state index contributed by atoms with van der Waals surface area (Å²) in [6.45, 7) is 1.61. The highest BCUT2D eigenvalue weighted by Crippen LogP contribution is 2.29. The van der Waals surface area contributed by atoms with Gasteiger partial charge in [0.25, 0.3) is 5.91 Å². The van der Waals surface area contributed by atoms with E-state index in [9.17, 15) is 9.59 Å². The molecule has 3 aromatic carbocycles. The maximum absolute atomic E-state index is 12.9. The third-order valence-corrected chi connectivity index (χ3v) is 4.55. The molecule has 1 N–H and O–H groups in total. The molecule has 0 radical (unpaired) electrons. The summed E-state index contributed by atoms with van der Waals surface area (Å²) in [6.07, 6.45) is 1.19. The van der Waals surface area contributed by atoms with Gasteiger partial charge in [-0.15, -0.1) is 0 Å². The number of nitrogens with one attached hydrogen (secondary N) is 1. The number of benzene rings is 3. The highest BCUT2D eigenvalue weighted by atomic mass is 16.5. The van der Waals surface area contributed by atoms with E-state index in [0.717, 1.165) is 34.4 Å². The van der Waals surface area contributed by atoms with Crippen molar-refractivity contribution in [3.05, 3.63) is 60.2 Å². The van der Waals surface area contributed by atoms with Gasteiger partial charge in [0.1, 0.15) is 0 Å². The van der Waals surface area contributed by atoms with Crippen LogP contribution in [0.1, 0.15) is 30.1 Å². The predicted octanol–water partition coefficient (Wildman–Crippen LogP) is 3.82. The SMILES string of the molecule is C[C@@H](OC(=O)c1c2ccccc2cc2ccccc12)C(=O)NC1CC1. The van der Waals surface area contributed by atoms with E-state index in [4.69, 9.17) is 4.74 Å². The van der Waals surface area contributed by atoms with Gasteiger partial charge in [-0.1, -0.05) is 48.5 Å². The van der Waals surface area contributed by atoms with Crippen molar-refractivity contribution in [2.45, 2.75) is 31.9 Å². The number of esters is 1. The van der Waals surface area contributed by atoms with Gasteiger partial charge in [0.2, 0.25) is 0 Å². The zero-order valence-electron chi connectivity index (χ0n) is 14.0. The second kappa shape index (κ2) is 6.20. The van der Waals surface area contributed by atoms with Crippen molar-refractivity contribution in [1.29, 1.82) is 0 Å². The lowest BCUT2D eigenvalue weighted by Gasteiger charge is -2.15. The first-order valence-electron chi connectivity index (χ1n) is 8.55. The molecule has 126 valence electrons. The number of hydrogen-bond acceptors (Lipinski definition) is 3. The highest BCUT2D eigenvalue weighted by molar-refractivity contribution is 6.16. The van der Waals surface area contributed by atoms with Gasteiger partial charge in [0.15, 0.2) is 6.10 Å². The van der Waals surface area contributed by atoms with Crippen molar-refractivity contribution in [1.82, 2.24) is 5.32 Å². The second-order valence-corrected chi connectivity index (χ2v) is 6.52. The van der Waals surface area contributed by atoms with E-state index in [1.54, 1.807) is 6.92 Å². The molecule has 0 unspecified atom stereocenters. The number of carbonyl (C=O) groups excluding carboxylic acids is 2.